The summed E-state index contributed by atoms with van der Waals surface area (Å²) >= 11 is 1.25. The molecule has 2 aromatic carbocycles. The van der Waals surface area contributed by atoms with Gasteiger partial charge in [0.25, 0.3) is 0 Å². The first-order valence-electron chi connectivity index (χ1n) is 9.62. The Labute approximate surface area is 188 Å². The van der Waals surface area contributed by atoms with Crippen molar-refractivity contribution in [1.82, 2.24) is 9.71 Å². The number of ether oxygens (including phenoxy) is 2. The van der Waals surface area contributed by atoms with Gasteiger partial charge < -0.3 is 20.1 Å². The van der Waals surface area contributed by atoms with Gasteiger partial charge in [-0.05, 0) is 31.2 Å². The number of nitrogens with zero attached hydrogens (tertiary/aromatic N) is 1. The van der Waals surface area contributed by atoms with Gasteiger partial charge >= 0.3 is 0 Å². The maximum Gasteiger partial charge on any atom is 0.244 e. The number of carbonyl (C=O) groups excluding carboxylic acids is 2. The molecule has 0 bridgehead atoms. The molecule has 0 saturated heterocycles. The van der Waals surface area contributed by atoms with Crippen molar-refractivity contribution in [2.75, 3.05) is 23.8 Å². The number of rotatable bonds is 6. The maximum absolute atomic E-state index is 12.6. The van der Waals surface area contributed by atoms with E-state index in [0.29, 0.717) is 41.0 Å². The molecule has 0 aliphatic carbocycles. The molecule has 2 amide bonds. The van der Waals surface area contributed by atoms with Crippen LogP contribution in [-0.2, 0) is 19.6 Å². The van der Waals surface area contributed by atoms with Crippen LogP contribution >= 0.6 is 11.3 Å². The molecule has 0 fully saturated rings. The minimum Gasteiger partial charge on any atom is -0.486 e. The lowest BCUT2D eigenvalue weighted by molar-refractivity contribution is -0.117. The van der Waals surface area contributed by atoms with Gasteiger partial charge in [0.15, 0.2) is 16.6 Å². The van der Waals surface area contributed by atoms with Crippen LogP contribution in [0.4, 0.5) is 10.8 Å². The zero-order valence-electron chi connectivity index (χ0n) is 17.2. The van der Waals surface area contributed by atoms with Gasteiger partial charge in [-0.2, -0.15) is 4.72 Å². The number of thiazole rings is 1. The third kappa shape index (κ3) is 4.82. The Hall–Kier alpha value is -3.22. The fourth-order valence-corrected chi connectivity index (χ4v) is 5.09. The maximum atomic E-state index is 12.6. The Morgan fingerprint density at radius 1 is 1.06 bits per heavy atom. The van der Waals surface area contributed by atoms with Gasteiger partial charge in [-0.3, -0.25) is 9.59 Å². The smallest absolute Gasteiger partial charge is 0.244 e. The first kappa shape index (κ1) is 22.0. The summed E-state index contributed by atoms with van der Waals surface area (Å²) in [4.78, 5) is 28.0. The van der Waals surface area contributed by atoms with Gasteiger partial charge in [-0.15, -0.1) is 0 Å². The monoisotopic (exact) mass is 476 g/mol. The largest absolute Gasteiger partial charge is 0.486 e. The number of benzene rings is 2. The van der Waals surface area contributed by atoms with Crippen molar-refractivity contribution in [2.45, 2.75) is 24.8 Å². The summed E-state index contributed by atoms with van der Waals surface area (Å²) in [5, 5.41) is 5.53. The average molecular weight is 477 g/mol. The summed E-state index contributed by atoms with van der Waals surface area (Å²) < 4.78 is 39.4. The lowest BCUT2D eigenvalue weighted by atomic mass is 10.3. The van der Waals surface area contributed by atoms with Crippen molar-refractivity contribution >= 4 is 54.2 Å². The highest BCUT2D eigenvalue weighted by molar-refractivity contribution is 7.89. The Morgan fingerprint density at radius 3 is 2.38 bits per heavy atom. The molecule has 3 aromatic rings. The molecule has 3 N–H and O–H groups in total. The van der Waals surface area contributed by atoms with Crippen molar-refractivity contribution in [3.8, 4) is 11.5 Å². The third-order valence-corrected chi connectivity index (χ3v) is 6.98. The molecular weight excluding hydrogens is 456 g/mol. The minimum absolute atomic E-state index is 0.0307. The molecule has 0 spiro atoms. The van der Waals surface area contributed by atoms with E-state index >= 15 is 0 Å². The van der Waals surface area contributed by atoms with Gasteiger partial charge in [-0.25, -0.2) is 13.4 Å². The fourth-order valence-electron chi connectivity index (χ4n) is 3.01. The van der Waals surface area contributed by atoms with Crippen molar-refractivity contribution in [1.29, 1.82) is 0 Å². The van der Waals surface area contributed by atoms with E-state index in [9.17, 15) is 18.0 Å². The summed E-state index contributed by atoms with van der Waals surface area (Å²) in [6, 6.07) is 8.11. The lowest BCUT2D eigenvalue weighted by Crippen LogP contribution is -2.41. The molecule has 1 aromatic heterocycles. The second-order valence-electron chi connectivity index (χ2n) is 7.02. The first-order valence-corrected chi connectivity index (χ1v) is 11.9. The van der Waals surface area contributed by atoms with E-state index in [1.165, 1.54) is 49.4 Å². The van der Waals surface area contributed by atoms with Crippen molar-refractivity contribution in [2.24, 2.45) is 0 Å². The number of hydrogen-bond donors (Lipinski definition) is 3. The highest BCUT2D eigenvalue weighted by Gasteiger charge is 2.23. The number of amides is 2. The predicted molar refractivity (Wildman–Crippen MR) is 120 cm³/mol. The molecular formula is C20H20N4O6S2. The number of carbonyl (C=O) groups is 2. The molecule has 10 nitrogen and oxygen atoms in total. The summed E-state index contributed by atoms with van der Waals surface area (Å²) in [5.41, 5.74) is 1.11. The summed E-state index contributed by atoms with van der Waals surface area (Å²) in [5.74, 6) is 0.396. The fraction of sp³-hybridized carbons (Fsp3) is 0.250. The second-order valence-corrected chi connectivity index (χ2v) is 9.77. The molecule has 1 aliphatic heterocycles. The van der Waals surface area contributed by atoms with Crippen LogP contribution in [0, 0.1) is 0 Å². The number of sulfonamides is 1. The topological polar surface area (TPSA) is 136 Å². The zero-order valence-corrected chi connectivity index (χ0v) is 18.8. The number of hydrogen-bond acceptors (Lipinski definition) is 8. The van der Waals surface area contributed by atoms with Crippen LogP contribution in [0.3, 0.4) is 0 Å². The Morgan fingerprint density at radius 2 is 1.72 bits per heavy atom. The number of fused-ring (bicyclic) bond motifs is 2. The van der Waals surface area contributed by atoms with E-state index in [-0.39, 0.29) is 10.8 Å². The average Bonchev–Trinajstić information content (AvgIpc) is 3.12. The summed E-state index contributed by atoms with van der Waals surface area (Å²) in [6.07, 6.45) is 0. The summed E-state index contributed by atoms with van der Waals surface area (Å²) in [6.45, 7) is 3.72. The van der Waals surface area contributed by atoms with Gasteiger partial charge in [-0.1, -0.05) is 11.3 Å². The van der Waals surface area contributed by atoms with Crippen LogP contribution in [-0.4, -0.2) is 44.5 Å². The van der Waals surface area contributed by atoms with Crippen molar-refractivity contribution < 1.29 is 27.5 Å². The first-order chi connectivity index (χ1) is 15.2. The zero-order chi connectivity index (χ0) is 22.9. The van der Waals surface area contributed by atoms with E-state index in [2.05, 4.69) is 20.3 Å². The van der Waals surface area contributed by atoms with Gasteiger partial charge in [0.05, 0.1) is 21.2 Å². The third-order valence-electron chi connectivity index (χ3n) is 4.49. The van der Waals surface area contributed by atoms with Crippen LogP contribution in [0.25, 0.3) is 10.2 Å². The minimum atomic E-state index is -3.95. The van der Waals surface area contributed by atoms with Crippen molar-refractivity contribution in [3.63, 3.8) is 0 Å². The highest BCUT2D eigenvalue weighted by atomic mass is 32.2. The molecule has 32 heavy (non-hydrogen) atoms. The molecule has 0 saturated carbocycles. The van der Waals surface area contributed by atoms with Crippen LogP contribution in [0.1, 0.15) is 13.8 Å². The molecule has 2 heterocycles. The molecule has 1 aliphatic rings. The van der Waals surface area contributed by atoms with Crippen LogP contribution in [0.15, 0.2) is 41.3 Å². The molecule has 1 atom stereocenters. The standard InChI is InChI=1S/C20H20N4O6S2/c1-11(24-32(27,28)14-5-3-13(4-6-14)21-12(2)25)19(26)23-20-22-15-9-16-17(10-18(15)31-20)30-8-7-29-16/h3-6,9-11,24H,7-8H2,1-2H3,(H,21,25)(H,22,23,26). The number of anilines is 2. The molecule has 1 unspecified atom stereocenters. The summed E-state index contributed by atoms with van der Waals surface area (Å²) in [7, 11) is -3.95. The number of nitrogens with one attached hydrogen (secondary N) is 3. The van der Waals surface area contributed by atoms with E-state index in [4.69, 9.17) is 9.47 Å². The highest BCUT2D eigenvalue weighted by Crippen LogP contribution is 2.37. The second kappa shape index (κ2) is 8.73. The van der Waals surface area contributed by atoms with Crippen LogP contribution < -0.4 is 24.8 Å². The van der Waals surface area contributed by atoms with Crippen LogP contribution in [0.2, 0.25) is 0 Å². The van der Waals surface area contributed by atoms with Gasteiger partial charge in [0.2, 0.25) is 21.8 Å². The molecule has 12 heteroatoms. The predicted octanol–water partition coefficient (Wildman–Crippen LogP) is 2.33. The SMILES string of the molecule is CC(=O)Nc1ccc(S(=O)(=O)NC(C)C(=O)Nc2nc3cc4c(cc3s2)OCCO4)cc1. The molecule has 4 rings (SSSR count). The van der Waals surface area contributed by atoms with Crippen LogP contribution in [0.5, 0.6) is 11.5 Å². The quantitative estimate of drug-likeness (QED) is 0.497. The Kier molecular flexibility index (Phi) is 6.00. The van der Waals surface area contributed by atoms with Crippen molar-refractivity contribution in [3.05, 3.63) is 36.4 Å². The van der Waals surface area contributed by atoms with E-state index < -0.39 is 22.0 Å². The van der Waals surface area contributed by atoms with E-state index in [0.717, 1.165) is 4.70 Å². The number of aromatic nitrogens is 1. The Bertz CT molecular complexity index is 1240. The molecule has 168 valence electrons. The van der Waals surface area contributed by atoms with E-state index in [1.54, 1.807) is 12.1 Å². The van der Waals surface area contributed by atoms with Gasteiger partial charge in [0.1, 0.15) is 13.2 Å². The molecule has 0 radical (unpaired) electrons. The lowest BCUT2D eigenvalue weighted by Gasteiger charge is -2.17. The van der Waals surface area contributed by atoms with Gasteiger partial charge in [0, 0.05) is 24.7 Å². The normalized spacial score (nSPS) is 14.1. The van der Waals surface area contributed by atoms with E-state index in [1.807, 2.05) is 0 Å². The Balaban J connectivity index is 1.43.